The molecule has 2 aliphatic carbocycles. The first-order chi connectivity index (χ1) is 8.54. The van der Waals surface area contributed by atoms with Crippen LogP contribution in [0.4, 0.5) is 0 Å². The summed E-state index contributed by atoms with van der Waals surface area (Å²) < 4.78 is 5.92. The molecule has 2 saturated carbocycles. The molecule has 0 radical (unpaired) electrons. The fourth-order valence-electron chi connectivity index (χ4n) is 3.32. The molecule has 1 heterocycles. The van der Waals surface area contributed by atoms with Gasteiger partial charge in [0, 0.05) is 11.5 Å². The van der Waals surface area contributed by atoms with Crippen LogP contribution >= 0.6 is 0 Å². The Balaban J connectivity index is 1.60. The van der Waals surface area contributed by atoms with Crippen molar-refractivity contribution in [3.05, 3.63) is 17.8 Å². The van der Waals surface area contributed by atoms with Crippen LogP contribution in [0.15, 0.2) is 10.6 Å². The van der Waals surface area contributed by atoms with Gasteiger partial charge in [-0.3, -0.25) is 0 Å². The SMILES string of the molecule is CC(C)(C)NCc1ncc(C2C3CCCCC32)o1. The molecule has 0 amide bonds. The maximum absolute atomic E-state index is 5.92. The summed E-state index contributed by atoms with van der Waals surface area (Å²) in [6.07, 6.45) is 7.56. The summed E-state index contributed by atoms with van der Waals surface area (Å²) in [7, 11) is 0. The molecule has 0 spiro atoms. The molecule has 3 heteroatoms. The van der Waals surface area contributed by atoms with Crippen molar-refractivity contribution in [3.63, 3.8) is 0 Å². The first-order valence-corrected chi connectivity index (χ1v) is 7.24. The Morgan fingerprint density at radius 2 is 1.94 bits per heavy atom. The number of nitrogens with one attached hydrogen (secondary N) is 1. The van der Waals surface area contributed by atoms with E-state index < -0.39 is 0 Å². The Hall–Kier alpha value is -0.830. The van der Waals surface area contributed by atoms with Gasteiger partial charge in [-0.15, -0.1) is 0 Å². The molecule has 18 heavy (non-hydrogen) atoms. The molecule has 0 bridgehead atoms. The zero-order chi connectivity index (χ0) is 12.8. The predicted molar refractivity (Wildman–Crippen MR) is 71.3 cm³/mol. The summed E-state index contributed by atoms with van der Waals surface area (Å²) >= 11 is 0. The van der Waals surface area contributed by atoms with E-state index in [0.717, 1.165) is 30.0 Å². The Kier molecular flexibility index (Phi) is 2.97. The number of rotatable bonds is 3. The van der Waals surface area contributed by atoms with Gasteiger partial charge in [-0.1, -0.05) is 12.8 Å². The smallest absolute Gasteiger partial charge is 0.208 e. The fraction of sp³-hybridized carbons (Fsp3) is 0.800. The molecule has 2 fully saturated rings. The average Bonchev–Trinajstić information content (AvgIpc) is 2.86. The van der Waals surface area contributed by atoms with Crippen LogP contribution in [-0.4, -0.2) is 10.5 Å². The van der Waals surface area contributed by atoms with Gasteiger partial charge in [-0.2, -0.15) is 0 Å². The summed E-state index contributed by atoms with van der Waals surface area (Å²) in [5.74, 6) is 4.45. The van der Waals surface area contributed by atoms with E-state index in [2.05, 4.69) is 31.1 Å². The largest absolute Gasteiger partial charge is 0.444 e. The van der Waals surface area contributed by atoms with Crippen LogP contribution in [0.3, 0.4) is 0 Å². The Morgan fingerprint density at radius 1 is 1.28 bits per heavy atom. The van der Waals surface area contributed by atoms with E-state index in [4.69, 9.17) is 4.42 Å². The highest BCUT2D eigenvalue weighted by Gasteiger charge is 2.53. The molecule has 3 rings (SSSR count). The lowest BCUT2D eigenvalue weighted by Gasteiger charge is -2.18. The van der Waals surface area contributed by atoms with Gasteiger partial charge < -0.3 is 9.73 Å². The fourth-order valence-corrected chi connectivity index (χ4v) is 3.32. The molecule has 0 saturated heterocycles. The number of fused-ring (bicyclic) bond motifs is 1. The number of nitrogens with zero attached hydrogens (tertiary/aromatic N) is 1. The van der Waals surface area contributed by atoms with Crippen LogP contribution in [0.2, 0.25) is 0 Å². The standard InChI is InChI=1S/C15H24N2O/c1-15(2,3)17-9-13-16-8-12(18-13)14-10-6-4-5-7-11(10)14/h8,10-11,14,17H,4-7,9H2,1-3H3. The molecular weight excluding hydrogens is 224 g/mol. The van der Waals surface area contributed by atoms with Gasteiger partial charge in [-0.25, -0.2) is 4.98 Å². The summed E-state index contributed by atoms with van der Waals surface area (Å²) in [6.45, 7) is 7.20. The van der Waals surface area contributed by atoms with Crippen LogP contribution in [-0.2, 0) is 6.54 Å². The van der Waals surface area contributed by atoms with E-state index >= 15 is 0 Å². The highest BCUT2D eigenvalue weighted by Crippen LogP contribution is 2.61. The molecule has 100 valence electrons. The van der Waals surface area contributed by atoms with Gasteiger partial charge >= 0.3 is 0 Å². The second kappa shape index (κ2) is 4.37. The van der Waals surface area contributed by atoms with E-state index in [1.807, 2.05) is 6.20 Å². The number of aromatic nitrogens is 1. The topological polar surface area (TPSA) is 38.1 Å². The maximum atomic E-state index is 5.92. The van der Waals surface area contributed by atoms with Crippen molar-refractivity contribution < 1.29 is 4.42 Å². The highest BCUT2D eigenvalue weighted by molar-refractivity contribution is 5.18. The van der Waals surface area contributed by atoms with Crippen molar-refractivity contribution in [2.75, 3.05) is 0 Å². The zero-order valence-corrected chi connectivity index (χ0v) is 11.7. The van der Waals surface area contributed by atoms with Gasteiger partial charge in [0.15, 0.2) is 0 Å². The van der Waals surface area contributed by atoms with E-state index in [-0.39, 0.29) is 5.54 Å². The summed E-state index contributed by atoms with van der Waals surface area (Å²) in [5, 5.41) is 3.42. The first kappa shape index (κ1) is 12.2. The Bertz CT molecular complexity index is 406. The van der Waals surface area contributed by atoms with Crippen molar-refractivity contribution in [3.8, 4) is 0 Å². The monoisotopic (exact) mass is 248 g/mol. The van der Waals surface area contributed by atoms with E-state index in [9.17, 15) is 0 Å². The Labute approximate surface area is 109 Å². The number of hydrogen-bond donors (Lipinski definition) is 1. The van der Waals surface area contributed by atoms with Gasteiger partial charge in [0.1, 0.15) is 5.76 Å². The van der Waals surface area contributed by atoms with Crippen molar-refractivity contribution in [1.29, 1.82) is 0 Å². The molecule has 2 atom stereocenters. The van der Waals surface area contributed by atoms with Crippen molar-refractivity contribution >= 4 is 0 Å². The molecule has 1 aromatic rings. The average molecular weight is 248 g/mol. The highest BCUT2D eigenvalue weighted by atomic mass is 16.4. The maximum Gasteiger partial charge on any atom is 0.208 e. The molecule has 0 aliphatic heterocycles. The van der Waals surface area contributed by atoms with Crippen LogP contribution in [0.5, 0.6) is 0 Å². The minimum absolute atomic E-state index is 0.113. The van der Waals surface area contributed by atoms with Gasteiger partial charge in [-0.05, 0) is 45.4 Å². The van der Waals surface area contributed by atoms with Crippen LogP contribution in [0.1, 0.15) is 64.0 Å². The third-order valence-electron chi connectivity index (χ3n) is 4.33. The summed E-state index contributed by atoms with van der Waals surface area (Å²) in [5.41, 5.74) is 0.113. The number of oxazole rings is 1. The molecular formula is C15H24N2O. The van der Waals surface area contributed by atoms with Gasteiger partial charge in [0.25, 0.3) is 0 Å². The summed E-state index contributed by atoms with van der Waals surface area (Å²) in [6, 6.07) is 0. The number of hydrogen-bond acceptors (Lipinski definition) is 3. The quantitative estimate of drug-likeness (QED) is 0.890. The molecule has 2 aliphatic rings. The molecule has 3 nitrogen and oxygen atoms in total. The molecule has 0 aromatic carbocycles. The first-order valence-electron chi connectivity index (χ1n) is 7.24. The molecule has 1 N–H and O–H groups in total. The molecule has 1 aromatic heterocycles. The van der Waals surface area contributed by atoms with Crippen molar-refractivity contribution in [2.24, 2.45) is 11.8 Å². The lowest BCUT2D eigenvalue weighted by atomic mass is 10.0. The van der Waals surface area contributed by atoms with Crippen LogP contribution in [0, 0.1) is 11.8 Å². The van der Waals surface area contributed by atoms with Gasteiger partial charge in [0.05, 0.1) is 12.7 Å². The normalized spacial score (nSPS) is 31.2. The zero-order valence-electron chi connectivity index (χ0n) is 11.7. The second-order valence-corrected chi connectivity index (χ2v) is 6.90. The van der Waals surface area contributed by atoms with E-state index in [1.54, 1.807) is 0 Å². The van der Waals surface area contributed by atoms with Crippen LogP contribution < -0.4 is 5.32 Å². The molecule has 2 unspecified atom stereocenters. The van der Waals surface area contributed by atoms with E-state index in [0.29, 0.717) is 5.92 Å². The lowest BCUT2D eigenvalue weighted by molar-refractivity contribution is 0.369. The Morgan fingerprint density at radius 3 is 2.56 bits per heavy atom. The minimum Gasteiger partial charge on any atom is -0.444 e. The van der Waals surface area contributed by atoms with Gasteiger partial charge in [0.2, 0.25) is 5.89 Å². The van der Waals surface area contributed by atoms with Crippen molar-refractivity contribution in [1.82, 2.24) is 10.3 Å². The summed E-state index contributed by atoms with van der Waals surface area (Å²) in [4.78, 5) is 4.41. The lowest BCUT2D eigenvalue weighted by Crippen LogP contribution is -2.35. The van der Waals surface area contributed by atoms with E-state index in [1.165, 1.54) is 25.7 Å². The van der Waals surface area contributed by atoms with Crippen LogP contribution in [0.25, 0.3) is 0 Å². The van der Waals surface area contributed by atoms with Crippen molar-refractivity contribution in [2.45, 2.75) is 64.5 Å². The minimum atomic E-state index is 0.113. The third-order valence-corrected chi connectivity index (χ3v) is 4.33. The second-order valence-electron chi connectivity index (χ2n) is 6.90. The predicted octanol–water partition coefficient (Wildman–Crippen LogP) is 3.47. The third kappa shape index (κ3) is 2.46.